The van der Waals surface area contributed by atoms with E-state index in [1.165, 1.54) is 17.0 Å². The number of fused-ring (bicyclic) bond motifs is 2. The van der Waals surface area contributed by atoms with E-state index in [0.29, 0.717) is 29.8 Å². The summed E-state index contributed by atoms with van der Waals surface area (Å²) in [5, 5.41) is 2.75. The van der Waals surface area contributed by atoms with Crippen LogP contribution in [0.2, 0.25) is 0 Å². The van der Waals surface area contributed by atoms with E-state index in [1.54, 1.807) is 18.2 Å². The number of quaternary nitrogens is 1. The number of alkyl halides is 3. The van der Waals surface area contributed by atoms with Crippen LogP contribution in [0.5, 0.6) is 0 Å². The molecule has 0 aliphatic carbocycles. The molecule has 2 aromatic rings. The fourth-order valence-electron chi connectivity index (χ4n) is 3.69. The molecule has 8 heteroatoms. The van der Waals surface area contributed by atoms with Gasteiger partial charge in [-0.3, -0.25) is 9.59 Å². The fraction of sp³-hybridized carbons (Fsp3) is 0.263. The lowest BCUT2D eigenvalue weighted by Crippen LogP contribution is -2.68. The second-order valence-electron chi connectivity index (χ2n) is 6.82. The van der Waals surface area contributed by atoms with E-state index in [4.69, 9.17) is 0 Å². The summed E-state index contributed by atoms with van der Waals surface area (Å²) in [6.45, 7) is 0.429. The largest absolute Gasteiger partial charge is 0.416 e. The minimum atomic E-state index is -4.45. The SMILES string of the molecule is [NH3+][C@H]1CCN2C(=O)c3cc(-c4cccc(C(F)(F)F)c4)ccc3NC(=O)[C@H]12. The van der Waals surface area contributed by atoms with Crippen molar-refractivity contribution in [3.8, 4) is 11.1 Å². The van der Waals surface area contributed by atoms with Crippen LogP contribution >= 0.6 is 0 Å². The number of halogens is 3. The van der Waals surface area contributed by atoms with Gasteiger partial charge in [0.05, 0.1) is 16.8 Å². The first kappa shape index (κ1) is 17.5. The van der Waals surface area contributed by atoms with Gasteiger partial charge in [-0.05, 0) is 35.4 Å². The minimum Gasteiger partial charge on any atom is -0.353 e. The molecule has 2 amide bonds. The Balaban J connectivity index is 1.77. The summed E-state index contributed by atoms with van der Waals surface area (Å²) in [4.78, 5) is 26.9. The van der Waals surface area contributed by atoms with E-state index in [2.05, 4.69) is 11.1 Å². The molecule has 2 atom stereocenters. The fourth-order valence-corrected chi connectivity index (χ4v) is 3.69. The highest BCUT2D eigenvalue weighted by Gasteiger charge is 2.45. The van der Waals surface area contributed by atoms with E-state index < -0.39 is 17.8 Å². The van der Waals surface area contributed by atoms with Crippen molar-refractivity contribution in [3.05, 3.63) is 53.6 Å². The number of hydrogen-bond acceptors (Lipinski definition) is 2. The first-order valence-electron chi connectivity index (χ1n) is 8.52. The summed E-state index contributed by atoms with van der Waals surface area (Å²) in [5.74, 6) is -0.597. The van der Waals surface area contributed by atoms with Gasteiger partial charge in [0.2, 0.25) is 0 Å². The van der Waals surface area contributed by atoms with Crippen molar-refractivity contribution in [1.82, 2.24) is 4.90 Å². The number of benzene rings is 2. The summed E-state index contributed by atoms with van der Waals surface area (Å²) in [6, 6.07) is 8.81. The molecule has 2 aliphatic heterocycles. The number of anilines is 1. The van der Waals surface area contributed by atoms with Crippen LogP contribution in [0.3, 0.4) is 0 Å². The number of hydrogen-bond donors (Lipinski definition) is 2. The molecule has 140 valence electrons. The van der Waals surface area contributed by atoms with Crippen LogP contribution in [0.15, 0.2) is 42.5 Å². The second-order valence-corrected chi connectivity index (χ2v) is 6.82. The van der Waals surface area contributed by atoms with Crippen LogP contribution in [-0.4, -0.2) is 35.3 Å². The van der Waals surface area contributed by atoms with Crippen molar-refractivity contribution in [2.75, 3.05) is 11.9 Å². The lowest BCUT2D eigenvalue weighted by molar-refractivity contribution is -0.419. The molecule has 2 aliphatic rings. The number of amides is 2. The summed E-state index contributed by atoms with van der Waals surface area (Å²) in [6.07, 6.45) is -3.82. The molecule has 27 heavy (non-hydrogen) atoms. The molecule has 0 unspecified atom stereocenters. The first-order chi connectivity index (χ1) is 12.8. The molecule has 0 saturated carbocycles. The Morgan fingerprint density at radius 3 is 2.56 bits per heavy atom. The first-order valence-corrected chi connectivity index (χ1v) is 8.52. The van der Waals surface area contributed by atoms with Gasteiger partial charge in [0.15, 0.2) is 6.04 Å². The average molecular weight is 376 g/mol. The van der Waals surface area contributed by atoms with Crippen molar-refractivity contribution < 1.29 is 28.5 Å². The Morgan fingerprint density at radius 1 is 1.07 bits per heavy atom. The quantitative estimate of drug-likeness (QED) is 0.800. The molecule has 2 aromatic carbocycles. The number of rotatable bonds is 1. The van der Waals surface area contributed by atoms with Gasteiger partial charge in [0, 0.05) is 13.0 Å². The molecule has 0 radical (unpaired) electrons. The highest BCUT2D eigenvalue weighted by molar-refractivity contribution is 6.11. The van der Waals surface area contributed by atoms with Crippen molar-refractivity contribution in [2.24, 2.45) is 0 Å². The Bertz CT molecular complexity index is 942. The normalized spacial score (nSPS) is 22.1. The summed E-state index contributed by atoms with van der Waals surface area (Å²) in [5.41, 5.74) is 4.66. The maximum atomic E-state index is 13.0. The van der Waals surface area contributed by atoms with Crippen LogP contribution in [0, 0.1) is 0 Å². The highest BCUT2D eigenvalue weighted by atomic mass is 19.4. The molecular formula is C19H17F3N3O2+. The zero-order valence-corrected chi connectivity index (χ0v) is 14.2. The van der Waals surface area contributed by atoms with E-state index in [0.717, 1.165) is 12.1 Å². The summed E-state index contributed by atoms with van der Waals surface area (Å²) >= 11 is 0. The van der Waals surface area contributed by atoms with Crippen LogP contribution < -0.4 is 11.1 Å². The second kappa shape index (κ2) is 6.09. The zero-order chi connectivity index (χ0) is 19.3. The number of carbonyl (C=O) groups is 2. The Labute approximate surface area is 153 Å². The number of carbonyl (C=O) groups excluding carboxylic acids is 2. The van der Waals surface area contributed by atoms with Gasteiger partial charge in [-0.1, -0.05) is 18.2 Å². The van der Waals surface area contributed by atoms with E-state index in [-0.39, 0.29) is 23.4 Å². The number of nitrogens with zero attached hydrogens (tertiary/aromatic N) is 1. The van der Waals surface area contributed by atoms with Gasteiger partial charge in [-0.15, -0.1) is 0 Å². The van der Waals surface area contributed by atoms with Gasteiger partial charge in [-0.25, -0.2) is 0 Å². The maximum absolute atomic E-state index is 13.0. The van der Waals surface area contributed by atoms with Gasteiger partial charge < -0.3 is 16.0 Å². The summed E-state index contributed by atoms with van der Waals surface area (Å²) < 4.78 is 39.0. The monoisotopic (exact) mass is 376 g/mol. The lowest BCUT2D eigenvalue weighted by atomic mass is 9.99. The number of nitrogens with one attached hydrogen (secondary N) is 1. The molecule has 1 fully saturated rings. The molecule has 2 heterocycles. The maximum Gasteiger partial charge on any atom is 0.416 e. The molecule has 0 spiro atoms. The molecule has 4 rings (SSSR count). The molecular weight excluding hydrogens is 359 g/mol. The standard InChI is InChI=1S/C19H16F3N3O2/c20-19(21,22)12-3-1-2-10(8-12)11-4-5-15-13(9-11)18(27)25-7-6-14(23)16(25)17(26)24-15/h1-5,8-9,14,16H,6-7,23H2,(H,24,26)/p+1/t14-,16-/m0/s1. The molecule has 1 saturated heterocycles. The third kappa shape index (κ3) is 2.95. The average Bonchev–Trinajstić information content (AvgIpc) is 2.98. The van der Waals surface area contributed by atoms with E-state index in [1.807, 2.05) is 0 Å². The predicted octanol–water partition coefficient (Wildman–Crippen LogP) is 2.15. The van der Waals surface area contributed by atoms with Crippen molar-refractivity contribution in [1.29, 1.82) is 0 Å². The van der Waals surface area contributed by atoms with Crippen LogP contribution in [0.1, 0.15) is 22.3 Å². The van der Waals surface area contributed by atoms with Crippen LogP contribution in [0.25, 0.3) is 11.1 Å². The van der Waals surface area contributed by atoms with Gasteiger partial charge >= 0.3 is 6.18 Å². The van der Waals surface area contributed by atoms with E-state index in [9.17, 15) is 22.8 Å². The smallest absolute Gasteiger partial charge is 0.353 e. The highest BCUT2D eigenvalue weighted by Crippen LogP contribution is 2.34. The van der Waals surface area contributed by atoms with Crippen molar-refractivity contribution in [3.63, 3.8) is 0 Å². The zero-order valence-electron chi connectivity index (χ0n) is 14.2. The topological polar surface area (TPSA) is 77.1 Å². The van der Waals surface area contributed by atoms with Crippen LogP contribution in [-0.2, 0) is 11.0 Å². The predicted molar refractivity (Wildman–Crippen MR) is 91.6 cm³/mol. The van der Waals surface area contributed by atoms with Gasteiger partial charge in [-0.2, -0.15) is 13.2 Å². The Kier molecular flexibility index (Phi) is 3.96. The molecule has 0 bridgehead atoms. The van der Waals surface area contributed by atoms with Crippen LogP contribution in [0.4, 0.5) is 18.9 Å². The Hall–Kier alpha value is -2.87. The molecule has 0 aromatic heterocycles. The molecule has 5 nitrogen and oxygen atoms in total. The summed E-state index contributed by atoms with van der Waals surface area (Å²) in [7, 11) is 0. The Morgan fingerprint density at radius 2 is 1.81 bits per heavy atom. The van der Waals surface area contributed by atoms with Gasteiger partial charge in [0.25, 0.3) is 11.8 Å². The van der Waals surface area contributed by atoms with Crippen molar-refractivity contribution in [2.45, 2.75) is 24.7 Å². The van der Waals surface area contributed by atoms with Crippen molar-refractivity contribution >= 4 is 17.5 Å². The van der Waals surface area contributed by atoms with Gasteiger partial charge in [0.1, 0.15) is 6.04 Å². The molecule has 4 N–H and O–H groups in total. The lowest BCUT2D eigenvalue weighted by Gasteiger charge is -2.20. The third-order valence-electron chi connectivity index (χ3n) is 5.08. The third-order valence-corrected chi connectivity index (χ3v) is 5.08. The minimum absolute atomic E-state index is 0.189. The van der Waals surface area contributed by atoms with E-state index >= 15 is 0 Å².